The number of ether oxygens (including phenoxy) is 1. The summed E-state index contributed by atoms with van der Waals surface area (Å²) in [6.07, 6.45) is 0. The van der Waals surface area contributed by atoms with E-state index in [4.69, 9.17) is 10.00 Å². The monoisotopic (exact) mass is 308 g/mol. The van der Waals surface area contributed by atoms with Crippen molar-refractivity contribution in [3.8, 4) is 11.8 Å². The van der Waals surface area contributed by atoms with Crippen molar-refractivity contribution >= 4 is 27.0 Å². The molecular weight excluding hydrogens is 296 g/mol. The Kier molecular flexibility index (Phi) is 3.97. The Labute approximate surface area is 121 Å². The maximum atomic E-state index is 12.3. The maximum absolute atomic E-state index is 12.3. The van der Waals surface area contributed by atoms with Crippen LogP contribution in [-0.2, 0) is 10.0 Å². The third-order valence-corrected chi connectivity index (χ3v) is 5.43. The van der Waals surface area contributed by atoms with E-state index in [1.807, 2.05) is 13.0 Å². The van der Waals surface area contributed by atoms with E-state index in [0.717, 1.165) is 4.88 Å². The van der Waals surface area contributed by atoms with Crippen molar-refractivity contribution in [2.45, 2.75) is 11.1 Å². The Balaban J connectivity index is 2.47. The maximum Gasteiger partial charge on any atom is 0.271 e. The van der Waals surface area contributed by atoms with Crippen LogP contribution in [0.2, 0.25) is 0 Å². The van der Waals surface area contributed by atoms with E-state index in [0.29, 0.717) is 5.75 Å². The van der Waals surface area contributed by atoms with Gasteiger partial charge in [0.15, 0.2) is 0 Å². The van der Waals surface area contributed by atoms with Crippen LogP contribution in [0, 0.1) is 18.3 Å². The van der Waals surface area contributed by atoms with E-state index in [9.17, 15) is 8.42 Å². The average Bonchev–Trinajstić information content (AvgIpc) is 2.86. The van der Waals surface area contributed by atoms with Gasteiger partial charge < -0.3 is 4.74 Å². The quantitative estimate of drug-likeness (QED) is 0.942. The molecule has 0 atom stereocenters. The van der Waals surface area contributed by atoms with Gasteiger partial charge in [0.05, 0.1) is 12.7 Å². The molecule has 0 saturated heterocycles. The van der Waals surface area contributed by atoms with Crippen LogP contribution in [0.4, 0.5) is 5.69 Å². The van der Waals surface area contributed by atoms with Gasteiger partial charge in [-0.15, -0.1) is 11.3 Å². The Morgan fingerprint density at radius 2 is 2.05 bits per heavy atom. The fourth-order valence-corrected chi connectivity index (χ4v) is 4.02. The number of aryl methyl sites for hydroxylation is 1. The highest BCUT2D eigenvalue weighted by atomic mass is 32.2. The van der Waals surface area contributed by atoms with Gasteiger partial charge in [-0.1, -0.05) is 6.07 Å². The number of methoxy groups -OCH3 is 1. The molecular formula is C13H12N2O3S2. The molecule has 0 aliphatic rings. The molecule has 0 fully saturated rings. The van der Waals surface area contributed by atoms with Crippen molar-refractivity contribution in [2.75, 3.05) is 11.8 Å². The second-order valence-corrected chi connectivity index (χ2v) is 7.16. The number of anilines is 1. The van der Waals surface area contributed by atoms with Crippen LogP contribution < -0.4 is 9.46 Å². The number of sulfonamides is 1. The van der Waals surface area contributed by atoms with Gasteiger partial charge in [-0.3, -0.25) is 4.72 Å². The molecule has 5 nitrogen and oxygen atoms in total. The molecule has 1 aromatic heterocycles. The standard InChI is InChI=1S/C13H12N2O3S2/c1-9-6-7-12(19-9)20(16,17)15-13-10(8-14)4-3-5-11(13)18-2/h3-7,15H,1-2H3. The molecule has 1 heterocycles. The summed E-state index contributed by atoms with van der Waals surface area (Å²) in [6, 6.07) is 9.96. The Bertz CT molecular complexity index is 773. The van der Waals surface area contributed by atoms with Gasteiger partial charge >= 0.3 is 0 Å². The Hall–Kier alpha value is -2.04. The largest absolute Gasteiger partial charge is 0.495 e. The lowest BCUT2D eigenvalue weighted by Gasteiger charge is -2.12. The third-order valence-electron chi connectivity index (χ3n) is 2.58. The Morgan fingerprint density at radius 1 is 1.30 bits per heavy atom. The molecule has 0 spiro atoms. The van der Waals surface area contributed by atoms with Crippen molar-refractivity contribution < 1.29 is 13.2 Å². The minimum atomic E-state index is -3.72. The summed E-state index contributed by atoms with van der Waals surface area (Å²) in [5.74, 6) is 0.306. The lowest BCUT2D eigenvalue weighted by molar-refractivity contribution is 0.417. The first-order valence-electron chi connectivity index (χ1n) is 5.64. The summed E-state index contributed by atoms with van der Waals surface area (Å²) in [7, 11) is -2.30. The topological polar surface area (TPSA) is 79.2 Å². The highest BCUT2D eigenvalue weighted by molar-refractivity contribution is 7.94. The first kappa shape index (κ1) is 14.4. The van der Waals surface area contributed by atoms with Crippen LogP contribution in [0.3, 0.4) is 0 Å². The van der Waals surface area contributed by atoms with Crippen LogP contribution in [0.1, 0.15) is 10.4 Å². The molecule has 0 unspecified atom stereocenters. The van der Waals surface area contributed by atoms with Crippen molar-refractivity contribution in [2.24, 2.45) is 0 Å². The van der Waals surface area contributed by atoms with E-state index in [-0.39, 0.29) is 15.5 Å². The fourth-order valence-electron chi connectivity index (χ4n) is 1.64. The van der Waals surface area contributed by atoms with E-state index < -0.39 is 10.0 Å². The molecule has 2 aromatic rings. The average molecular weight is 308 g/mol. The lowest BCUT2D eigenvalue weighted by Crippen LogP contribution is -2.13. The molecule has 20 heavy (non-hydrogen) atoms. The zero-order valence-electron chi connectivity index (χ0n) is 10.9. The second kappa shape index (κ2) is 5.53. The normalized spacial score (nSPS) is 10.8. The lowest BCUT2D eigenvalue weighted by atomic mass is 10.2. The molecule has 1 aromatic carbocycles. The number of rotatable bonds is 4. The first-order chi connectivity index (χ1) is 9.47. The van der Waals surface area contributed by atoms with E-state index >= 15 is 0 Å². The molecule has 104 valence electrons. The Morgan fingerprint density at radius 3 is 2.60 bits per heavy atom. The second-order valence-electron chi connectivity index (χ2n) is 3.97. The predicted octanol–water partition coefficient (Wildman–Crippen LogP) is 2.74. The number of thiophene rings is 1. The highest BCUT2D eigenvalue weighted by Gasteiger charge is 2.20. The van der Waals surface area contributed by atoms with Crippen molar-refractivity contribution in [1.29, 1.82) is 5.26 Å². The zero-order chi connectivity index (χ0) is 14.8. The summed E-state index contributed by atoms with van der Waals surface area (Å²) in [6.45, 7) is 1.83. The molecule has 0 radical (unpaired) electrons. The van der Waals surface area contributed by atoms with Gasteiger partial charge in [0.25, 0.3) is 10.0 Å². The SMILES string of the molecule is COc1cccc(C#N)c1NS(=O)(=O)c1ccc(C)s1. The van der Waals surface area contributed by atoms with Gasteiger partial charge in [-0.25, -0.2) is 8.42 Å². The minimum absolute atomic E-state index is 0.156. The van der Waals surface area contributed by atoms with Crippen LogP contribution >= 0.6 is 11.3 Å². The van der Waals surface area contributed by atoms with Gasteiger partial charge in [-0.05, 0) is 31.2 Å². The number of nitrogens with zero attached hydrogens (tertiary/aromatic N) is 1. The number of nitriles is 1. The fraction of sp³-hybridized carbons (Fsp3) is 0.154. The third kappa shape index (κ3) is 2.76. The van der Waals surface area contributed by atoms with Crippen molar-refractivity contribution in [3.05, 3.63) is 40.8 Å². The molecule has 0 saturated carbocycles. The molecule has 1 N–H and O–H groups in total. The number of nitrogens with one attached hydrogen (secondary N) is 1. The van der Waals surface area contributed by atoms with Crippen molar-refractivity contribution in [1.82, 2.24) is 0 Å². The van der Waals surface area contributed by atoms with E-state index in [1.165, 1.54) is 30.6 Å². The number of hydrogen-bond acceptors (Lipinski definition) is 5. The minimum Gasteiger partial charge on any atom is -0.495 e. The molecule has 0 aliphatic heterocycles. The number of para-hydroxylation sites is 1. The molecule has 0 bridgehead atoms. The van der Waals surface area contributed by atoms with E-state index in [1.54, 1.807) is 18.2 Å². The molecule has 0 amide bonds. The summed E-state index contributed by atoms with van der Waals surface area (Å²) in [5.41, 5.74) is 0.366. The van der Waals surface area contributed by atoms with Gasteiger partial charge in [0.2, 0.25) is 0 Å². The molecule has 0 aliphatic carbocycles. The summed E-state index contributed by atoms with van der Waals surface area (Å²) in [5, 5.41) is 9.07. The van der Waals surface area contributed by atoms with Crippen LogP contribution in [0.15, 0.2) is 34.5 Å². The van der Waals surface area contributed by atoms with Gasteiger partial charge in [0, 0.05) is 4.88 Å². The number of hydrogen-bond donors (Lipinski definition) is 1. The summed E-state index contributed by atoms with van der Waals surface area (Å²) >= 11 is 1.17. The molecule has 7 heteroatoms. The smallest absolute Gasteiger partial charge is 0.271 e. The highest BCUT2D eigenvalue weighted by Crippen LogP contribution is 2.31. The van der Waals surface area contributed by atoms with Gasteiger partial charge in [-0.2, -0.15) is 5.26 Å². The van der Waals surface area contributed by atoms with Crippen LogP contribution in [-0.4, -0.2) is 15.5 Å². The van der Waals surface area contributed by atoms with Crippen molar-refractivity contribution in [3.63, 3.8) is 0 Å². The van der Waals surface area contributed by atoms with Gasteiger partial charge in [0.1, 0.15) is 21.7 Å². The van der Waals surface area contributed by atoms with Crippen LogP contribution in [0.25, 0.3) is 0 Å². The number of benzene rings is 1. The van der Waals surface area contributed by atoms with Crippen LogP contribution in [0.5, 0.6) is 5.75 Å². The predicted molar refractivity (Wildman–Crippen MR) is 77.6 cm³/mol. The summed E-state index contributed by atoms with van der Waals surface area (Å²) in [4.78, 5) is 0.894. The first-order valence-corrected chi connectivity index (χ1v) is 7.94. The van der Waals surface area contributed by atoms with E-state index in [2.05, 4.69) is 4.72 Å². The molecule has 2 rings (SSSR count). The summed E-state index contributed by atoms with van der Waals surface area (Å²) < 4.78 is 32.3. The zero-order valence-corrected chi connectivity index (χ0v) is 12.5.